The van der Waals surface area contributed by atoms with Crippen LogP contribution in [0.4, 0.5) is 0 Å². The molecule has 0 radical (unpaired) electrons. The van der Waals surface area contributed by atoms with E-state index in [4.69, 9.17) is 4.99 Å². The summed E-state index contributed by atoms with van der Waals surface area (Å²) in [6, 6.07) is 14.6. The Hall–Kier alpha value is -2.41. The van der Waals surface area contributed by atoms with Crippen molar-refractivity contribution in [1.82, 2.24) is 25.2 Å². The van der Waals surface area contributed by atoms with Gasteiger partial charge in [0.05, 0.1) is 0 Å². The molecule has 0 atom stereocenters. The number of nitrogens with one attached hydrogen (secondary N) is 2. The Morgan fingerprint density at radius 2 is 1.96 bits per heavy atom. The molecule has 6 nitrogen and oxygen atoms in total. The van der Waals surface area contributed by atoms with Gasteiger partial charge in [0.2, 0.25) is 0 Å². The van der Waals surface area contributed by atoms with Gasteiger partial charge in [-0.3, -0.25) is 4.40 Å². The first kappa shape index (κ1) is 18.9. The fraction of sp³-hybridized carbons (Fsp3) is 0.381. The molecular formula is C21H25BrN6. The minimum absolute atomic E-state index is 0.193. The zero-order valence-electron chi connectivity index (χ0n) is 16.0. The van der Waals surface area contributed by atoms with E-state index in [0.29, 0.717) is 6.54 Å². The van der Waals surface area contributed by atoms with Crippen LogP contribution in [0.25, 0.3) is 5.65 Å². The van der Waals surface area contributed by atoms with E-state index in [-0.39, 0.29) is 5.41 Å². The van der Waals surface area contributed by atoms with Crippen molar-refractivity contribution in [2.24, 2.45) is 4.99 Å². The molecule has 28 heavy (non-hydrogen) atoms. The molecule has 0 aliphatic heterocycles. The first-order valence-corrected chi connectivity index (χ1v) is 10.6. The number of aromatic nitrogens is 3. The van der Waals surface area contributed by atoms with Gasteiger partial charge in [0.15, 0.2) is 17.4 Å². The van der Waals surface area contributed by atoms with Crippen LogP contribution >= 0.6 is 15.9 Å². The average Bonchev–Trinajstić information content (AvgIpc) is 3.09. The van der Waals surface area contributed by atoms with E-state index in [2.05, 4.69) is 68.0 Å². The second kappa shape index (κ2) is 8.31. The van der Waals surface area contributed by atoms with Crippen LogP contribution < -0.4 is 10.6 Å². The van der Waals surface area contributed by atoms with Crippen LogP contribution in [0, 0.1) is 0 Å². The summed E-state index contributed by atoms with van der Waals surface area (Å²) >= 11 is 3.53. The Labute approximate surface area is 173 Å². The van der Waals surface area contributed by atoms with Crippen molar-refractivity contribution >= 4 is 27.5 Å². The Balaban J connectivity index is 1.47. The van der Waals surface area contributed by atoms with Crippen LogP contribution in [0.1, 0.15) is 37.6 Å². The third-order valence-electron chi connectivity index (χ3n) is 5.47. The molecular weight excluding hydrogens is 416 g/mol. The Kier molecular flexibility index (Phi) is 5.62. The predicted molar refractivity (Wildman–Crippen MR) is 115 cm³/mol. The van der Waals surface area contributed by atoms with E-state index >= 15 is 0 Å². The highest BCUT2D eigenvalue weighted by Crippen LogP contribution is 2.43. The van der Waals surface area contributed by atoms with Gasteiger partial charge in [-0.2, -0.15) is 0 Å². The topological polar surface area (TPSA) is 66.6 Å². The molecule has 1 aliphatic carbocycles. The first-order valence-electron chi connectivity index (χ1n) is 9.77. The fourth-order valence-electron chi connectivity index (χ4n) is 3.72. The number of benzene rings is 1. The summed E-state index contributed by atoms with van der Waals surface area (Å²) in [5.74, 6) is 1.65. The summed E-state index contributed by atoms with van der Waals surface area (Å²) in [4.78, 5) is 4.74. The molecule has 0 bridgehead atoms. The summed E-state index contributed by atoms with van der Waals surface area (Å²) in [5, 5.41) is 15.4. The van der Waals surface area contributed by atoms with Gasteiger partial charge in [0.1, 0.15) is 6.54 Å². The summed E-state index contributed by atoms with van der Waals surface area (Å²) in [6.07, 6.45) is 5.65. The number of aliphatic imine (C=N–C) groups is 1. The highest BCUT2D eigenvalue weighted by Gasteiger charge is 2.38. The van der Waals surface area contributed by atoms with E-state index < -0.39 is 0 Å². The fourth-order valence-corrected chi connectivity index (χ4v) is 3.98. The molecule has 2 aromatic heterocycles. The van der Waals surface area contributed by atoms with Gasteiger partial charge in [-0.05, 0) is 49.6 Å². The molecule has 2 heterocycles. The second-order valence-electron chi connectivity index (χ2n) is 7.23. The molecule has 1 fully saturated rings. The lowest BCUT2D eigenvalue weighted by Gasteiger charge is -2.43. The molecule has 1 aromatic carbocycles. The smallest absolute Gasteiger partial charge is 0.191 e. The van der Waals surface area contributed by atoms with Gasteiger partial charge in [0.25, 0.3) is 0 Å². The highest BCUT2D eigenvalue weighted by atomic mass is 79.9. The zero-order chi connectivity index (χ0) is 19.4. The largest absolute Gasteiger partial charge is 0.357 e. The van der Waals surface area contributed by atoms with Crippen LogP contribution in [0.15, 0.2) is 58.1 Å². The Morgan fingerprint density at radius 3 is 2.68 bits per heavy atom. The lowest BCUT2D eigenvalue weighted by molar-refractivity contribution is 0.244. The Bertz CT molecular complexity index is 958. The van der Waals surface area contributed by atoms with Crippen LogP contribution in [0.2, 0.25) is 0 Å². The molecule has 1 aliphatic rings. The number of hydrogen-bond acceptors (Lipinski definition) is 3. The quantitative estimate of drug-likeness (QED) is 0.453. The van der Waals surface area contributed by atoms with Gasteiger partial charge in [-0.1, -0.05) is 40.5 Å². The molecule has 0 spiro atoms. The molecule has 0 unspecified atom stereocenters. The van der Waals surface area contributed by atoms with Gasteiger partial charge >= 0.3 is 0 Å². The molecule has 1 saturated carbocycles. The van der Waals surface area contributed by atoms with E-state index in [9.17, 15) is 0 Å². The van der Waals surface area contributed by atoms with Crippen molar-refractivity contribution in [3.8, 4) is 0 Å². The summed E-state index contributed by atoms with van der Waals surface area (Å²) in [5.41, 5.74) is 2.43. The van der Waals surface area contributed by atoms with E-state index in [1.165, 1.54) is 24.8 Å². The summed E-state index contributed by atoms with van der Waals surface area (Å²) in [7, 11) is 0. The van der Waals surface area contributed by atoms with Crippen LogP contribution in [-0.4, -0.2) is 33.6 Å². The number of hydrogen-bond donors (Lipinski definition) is 2. The zero-order valence-corrected chi connectivity index (χ0v) is 17.6. The summed E-state index contributed by atoms with van der Waals surface area (Å²) < 4.78 is 3.09. The van der Waals surface area contributed by atoms with E-state index in [1.54, 1.807) is 0 Å². The summed E-state index contributed by atoms with van der Waals surface area (Å²) in [6.45, 7) is 4.25. The molecule has 0 amide bonds. The maximum absolute atomic E-state index is 4.74. The van der Waals surface area contributed by atoms with Crippen LogP contribution in [0.5, 0.6) is 0 Å². The lowest BCUT2D eigenvalue weighted by Crippen LogP contribution is -2.48. The number of nitrogens with zero attached hydrogens (tertiary/aromatic N) is 4. The van der Waals surface area contributed by atoms with Gasteiger partial charge in [-0.15, -0.1) is 10.2 Å². The molecule has 7 heteroatoms. The van der Waals surface area contributed by atoms with Crippen molar-refractivity contribution < 1.29 is 0 Å². The first-order chi connectivity index (χ1) is 13.7. The van der Waals surface area contributed by atoms with Crippen molar-refractivity contribution in [1.29, 1.82) is 0 Å². The molecule has 0 saturated heterocycles. The van der Waals surface area contributed by atoms with Crippen LogP contribution in [-0.2, 0) is 12.0 Å². The number of guanidine groups is 1. The van der Waals surface area contributed by atoms with Crippen molar-refractivity contribution in [2.75, 3.05) is 13.1 Å². The maximum atomic E-state index is 4.74. The van der Waals surface area contributed by atoms with E-state index in [0.717, 1.165) is 35.0 Å². The third-order valence-corrected chi connectivity index (χ3v) is 6.00. The minimum Gasteiger partial charge on any atom is -0.357 e. The van der Waals surface area contributed by atoms with Gasteiger partial charge in [0, 0.05) is 29.2 Å². The van der Waals surface area contributed by atoms with Crippen molar-refractivity contribution in [3.05, 3.63) is 64.5 Å². The molecule has 146 valence electrons. The third kappa shape index (κ3) is 3.90. The molecule has 2 N–H and O–H groups in total. The minimum atomic E-state index is 0.193. The van der Waals surface area contributed by atoms with Gasteiger partial charge < -0.3 is 10.6 Å². The number of fused-ring (bicyclic) bond motifs is 1. The van der Waals surface area contributed by atoms with Gasteiger partial charge in [-0.25, -0.2) is 4.99 Å². The average molecular weight is 441 g/mol. The second-order valence-corrected chi connectivity index (χ2v) is 8.15. The Morgan fingerprint density at radius 1 is 1.14 bits per heavy atom. The standard InChI is InChI=1S/C21H25BrN6/c1-2-23-20(24-14-19-27-26-18-6-3-4-13-28(18)19)25-15-21(11-5-12-21)16-7-9-17(22)10-8-16/h3-4,6-10,13H,2,5,11-12,14-15H2,1H3,(H2,23,24,25). The highest BCUT2D eigenvalue weighted by molar-refractivity contribution is 9.10. The van der Waals surface area contributed by atoms with Crippen molar-refractivity contribution in [2.45, 2.75) is 38.1 Å². The maximum Gasteiger partial charge on any atom is 0.191 e. The predicted octanol–water partition coefficient (Wildman–Crippen LogP) is 3.67. The lowest BCUT2D eigenvalue weighted by atomic mass is 9.64. The van der Waals surface area contributed by atoms with E-state index in [1.807, 2.05) is 28.8 Å². The monoisotopic (exact) mass is 440 g/mol. The number of halogens is 1. The molecule has 4 rings (SSSR count). The normalized spacial score (nSPS) is 16.0. The number of rotatable bonds is 6. The van der Waals surface area contributed by atoms with Crippen molar-refractivity contribution in [3.63, 3.8) is 0 Å². The SMILES string of the molecule is CCNC(=NCc1nnc2ccccn12)NCC1(c2ccc(Br)cc2)CCC1. The van der Waals surface area contributed by atoms with Crippen LogP contribution in [0.3, 0.4) is 0 Å². The molecule has 3 aromatic rings. The number of pyridine rings is 1.